The minimum Gasteiger partial charge on any atom is -0.508 e. The smallest absolute Gasteiger partial charge is 0.480 e. The van der Waals surface area contributed by atoms with E-state index in [4.69, 9.17) is 15.0 Å². The molecule has 0 saturated carbocycles. The van der Waals surface area contributed by atoms with E-state index in [1.165, 1.54) is 0 Å². The van der Waals surface area contributed by atoms with Gasteiger partial charge in [0.2, 0.25) is 0 Å². The SMILES string of the molecule is CC1(C)OB([C@@H](N)c2ccc(Br)cc2O)OC1(C)C. The first kappa shape index (κ1) is 14.8. The maximum atomic E-state index is 9.96. The van der Waals surface area contributed by atoms with Crippen LogP contribution in [0.4, 0.5) is 0 Å². The molecule has 1 aliphatic heterocycles. The number of phenols is 1. The molecule has 0 bridgehead atoms. The average Bonchev–Trinajstić information content (AvgIpc) is 2.47. The van der Waals surface area contributed by atoms with Crippen molar-refractivity contribution in [2.75, 3.05) is 0 Å². The Bertz CT molecular complexity index is 477. The van der Waals surface area contributed by atoms with E-state index in [2.05, 4.69) is 15.9 Å². The van der Waals surface area contributed by atoms with Gasteiger partial charge in [-0.1, -0.05) is 22.0 Å². The van der Waals surface area contributed by atoms with Gasteiger partial charge in [-0.3, -0.25) is 0 Å². The Morgan fingerprint density at radius 2 is 1.74 bits per heavy atom. The highest BCUT2D eigenvalue weighted by atomic mass is 79.9. The van der Waals surface area contributed by atoms with Crippen LogP contribution >= 0.6 is 15.9 Å². The Morgan fingerprint density at radius 1 is 1.21 bits per heavy atom. The Balaban J connectivity index is 2.24. The molecular formula is C13H19BBrNO3. The van der Waals surface area contributed by atoms with Crippen molar-refractivity contribution < 1.29 is 14.4 Å². The van der Waals surface area contributed by atoms with Crippen molar-refractivity contribution in [3.8, 4) is 5.75 Å². The second-order valence-electron chi connectivity index (χ2n) is 5.85. The number of hydrogen-bond acceptors (Lipinski definition) is 4. The zero-order valence-corrected chi connectivity index (χ0v) is 13.2. The molecule has 3 N–H and O–H groups in total. The van der Waals surface area contributed by atoms with E-state index in [9.17, 15) is 5.11 Å². The highest BCUT2D eigenvalue weighted by Gasteiger charge is 2.53. The lowest BCUT2D eigenvalue weighted by Gasteiger charge is -2.32. The molecule has 0 amide bonds. The molecule has 1 fully saturated rings. The van der Waals surface area contributed by atoms with Crippen molar-refractivity contribution in [2.45, 2.75) is 44.8 Å². The van der Waals surface area contributed by atoms with E-state index in [1.807, 2.05) is 33.8 Å². The number of halogens is 1. The highest BCUT2D eigenvalue weighted by Crippen LogP contribution is 2.40. The second kappa shape index (κ2) is 4.77. The van der Waals surface area contributed by atoms with E-state index in [0.29, 0.717) is 5.56 Å². The van der Waals surface area contributed by atoms with Crippen LogP contribution in [0.15, 0.2) is 22.7 Å². The summed E-state index contributed by atoms with van der Waals surface area (Å²) in [6.45, 7) is 7.89. The lowest BCUT2D eigenvalue weighted by atomic mass is 9.74. The summed E-state index contributed by atoms with van der Waals surface area (Å²) in [4.78, 5) is 0. The summed E-state index contributed by atoms with van der Waals surface area (Å²) in [5, 5.41) is 9.96. The number of aromatic hydroxyl groups is 1. The van der Waals surface area contributed by atoms with Crippen molar-refractivity contribution in [2.24, 2.45) is 5.73 Å². The van der Waals surface area contributed by atoms with E-state index in [0.717, 1.165) is 4.47 Å². The summed E-state index contributed by atoms with van der Waals surface area (Å²) in [5.41, 5.74) is 5.92. The molecule has 1 aromatic rings. The first-order chi connectivity index (χ1) is 8.64. The first-order valence-electron chi connectivity index (χ1n) is 6.24. The van der Waals surface area contributed by atoms with Crippen LogP contribution in [0.3, 0.4) is 0 Å². The van der Waals surface area contributed by atoms with Crippen molar-refractivity contribution >= 4 is 23.0 Å². The Labute approximate surface area is 122 Å². The predicted octanol–water partition coefficient (Wildman–Crippen LogP) is 2.79. The molecule has 1 saturated heterocycles. The number of hydrogen-bond donors (Lipinski definition) is 2. The fourth-order valence-corrected chi connectivity index (χ4v) is 2.33. The minimum atomic E-state index is -0.572. The number of nitrogens with two attached hydrogens (primary N) is 1. The van der Waals surface area contributed by atoms with Gasteiger partial charge < -0.3 is 20.1 Å². The van der Waals surface area contributed by atoms with Crippen molar-refractivity contribution in [1.82, 2.24) is 0 Å². The quantitative estimate of drug-likeness (QED) is 0.820. The first-order valence-corrected chi connectivity index (χ1v) is 7.03. The summed E-state index contributed by atoms with van der Waals surface area (Å²) >= 11 is 3.30. The zero-order chi connectivity index (χ0) is 14.4. The molecule has 0 unspecified atom stereocenters. The molecule has 0 spiro atoms. The van der Waals surface area contributed by atoms with E-state index in [-0.39, 0.29) is 5.75 Å². The molecule has 2 rings (SSSR count). The van der Waals surface area contributed by atoms with Crippen molar-refractivity contribution in [3.05, 3.63) is 28.2 Å². The Morgan fingerprint density at radius 3 is 2.21 bits per heavy atom. The highest BCUT2D eigenvalue weighted by molar-refractivity contribution is 9.10. The van der Waals surface area contributed by atoms with Crippen molar-refractivity contribution in [3.63, 3.8) is 0 Å². The van der Waals surface area contributed by atoms with Crippen LogP contribution < -0.4 is 5.73 Å². The van der Waals surface area contributed by atoms with Crippen LogP contribution in [-0.4, -0.2) is 23.4 Å². The lowest BCUT2D eigenvalue weighted by molar-refractivity contribution is 0.00578. The summed E-state index contributed by atoms with van der Waals surface area (Å²) < 4.78 is 12.6. The molecule has 1 heterocycles. The van der Waals surface area contributed by atoms with Gasteiger partial charge in [0, 0.05) is 10.0 Å². The second-order valence-corrected chi connectivity index (χ2v) is 6.77. The van der Waals surface area contributed by atoms with E-state index in [1.54, 1.807) is 12.1 Å². The third kappa shape index (κ3) is 2.67. The molecule has 1 atom stereocenters. The molecular weight excluding hydrogens is 309 g/mol. The van der Waals surface area contributed by atoms with Crippen LogP contribution in [0.25, 0.3) is 0 Å². The van der Waals surface area contributed by atoms with Crippen molar-refractivity contribution in [1.29, 1.82) is 0 Å². The minimum absolute atomic E-state index is 0.136. The summed E-state index contributed by atoms with van der Waals surface area (Å²) in [7, 11) is -0.572. The molecule has 0 aliphatic carbocycles. The summed E-state index contributed by atoms with van der Waals surface area (Å²) in [5.74, 6) is -0.397. The number of benzene rings is 1. The van der Waals surface area contributed by atoms with Crippen LogP contribution in [-0.2, 0) is 9.31 Å². The standard InChI is InChI=1S/C13H19BBrNO3/c1-12(2)13(3,4)19-14(18-12)11(16)9-6-5-8(15)7-10(9)17/h5-7,11,17H,16H2,1-4H3/t11-/m0/s1. The normalized spacial score (nSPS) is 22.5. The van der Waals surface area contributed by atoms with Gasteiger partial charge in [-0.05, 0) is 39.8 Å². The molecule has 6 heteroatoms. The van der Waals surface area contributed by atoms with Gasteiger partial charge in [0.15, 0.2) is 0 Å². The van der Waals surface area contributed by atoms with Crippen LogP contribution in [0.2, 0.25) is 0 Å². The largest absolute Gasteiger partial charge is 0.508 e. The number of phenolic OH excluding ortho intramolecular Hbond substituents is 1. The third-order valence-corrected chi connectivity index (χ3v) is 4.41. The zero-order valence-electron chi connectivity index (χ0n) is 11.6. The maximum Gasteiger partial charge on any atom is 0.480 e. The molecule has 0 radical (unpaired) electrons. The van der Waals surface area contributed by atoms with Gasteiger partial charge >= 0.3 is 7.12 Å². The fraction of sp³-hybridized carbons (Fsp3) is 0.538. The molecule has 4 nitrogen and oxygen atoms in total. The summed E-state index contributed by atoms with van der Waals surface area (Å²) in [6, 6.07) is 5.22. The summed E-state index contributed by atoms with van der Waals surface area (Å²) in [6.07, 6.45) is 0. The molecule has 0 aromatic heterocycles. The van der Waals surface area contributed by atoms with Crippen LogP contribution in [0.1, 0.15) is 39.2 Å². The lowest BCUT2D eigenvalue weighted by Crippen LogP contribution is -2.41. The maximum absolute atomic E-state index is 9.96. The van der Waals surface area contributed by atoms with Crippen LogP contribution in [0, 0.1) is 0 Å². The van der Waals surface area contributed by atoms with Gasteiger partial charge in [0.1, 0.15) is 5.75 Å². The van der Waals surface area contributed by atoms with Crippen LogP contribution in [0.5, 0.6) is 5.75 Å². The molecule has 1 aromatic carbocycles. The molecule has 1 aliphatic rings. The van der Waals surface area contributed by atoms with Gasteiger partial charge in [-0.25, -0.2) is 0 Å². The number of rotatable bonds is 2. The Hall–Kier alpha value is -0.555. The van der Waals surface area contributed by atoms with Gasteiger partial charge in [-0.2, -0.15) is 0 Å². The third-order valence-electron chi connectivity index (χ3n) is 3.92. The predicted molar refractivity (Wildman–Crippen MR) is 78.8 cm³/mol. The topological polar surface area (TPSA) is 64.7 Å². The average molecular weight is 328 g/mol. The van der Waals surface area contributed by atoms with E-state index < -0.39 is 24.3 Å². The van der Waals surface area contributed by atoms with E-state index >= 15 is 0 Å². The molecule has 19 heavy (non-hydrogen) atoms. The monoisotopic (exact) mass is 327 g/mol. The fourth-order valence-electron chi connectivity index (χ4n) is 1.98. The van der Waals surface area contributed by atoms with Gasteiger partial charge in [-0.15, -0.1) is 0 Å². The van der Waals surface area contributed by atoms with Gasteiger partial charge in [0.05, 0.1) is 17.1 Å². The Kier molecular flexibility index (Phi) is 3.73. The van der Waals surface area contributed by atoms with Gasteiger partial charge in [0.25, 0.3) is 0 Å². The molecule has 104 valence electrons.